The number of methoxy groups -OCH3 is 1. The number of halogens is 1. The van der Waals surface area contributed by atoms with E-state index in [1.165, 1.54) is 11.1 Å². The van der Waals surface area contributed by atoms with Gasteiger partial charge in [-0.1, -0.05) is 23.7 Å². The first-order valence-electron chi connectivity index (χ1n) is 11.9. The third kappa shape index (κ3) is 3.27. The smallest absolute Gasteiger partial charge is 0.155 e. The van der Waals surface area contributed by atoms with Gasteiger partial charge < -0.3 is 9.64 Å². The molecule has 3 aromatic heterocycles. The Morgan fingerprint density at radius 1 is 1.00 bits per heavy atom. The van der Waals surface area contributed by atoms with Crippen LogP contribution in [0, 0.1) is 19.3 Å². The molecule has 0 bridgehead atoms. The molecule has 1 spiro atoms. The fourth-order valence-electron chi connectivity index (χ4n) is 5.90. The first kappa shape index (κ1) is 21.4. The van der Waals surface area contributed by atoms with E-state index in [0.29, 0.717) is 10.4 Å². The van der Waals surface area contributed by atoms with Crippen LogP contribution in [-0.4, -0.2) is 39.8 Å². The van der Waals surface area contributed by atoms with Crippen LogP contribution in [-0.2, 0) is 12.8 Å². The molecule has 0 atom stereocenters. The minimum atomic E-state index is 0.321. The van der Waals surface area contributed by atoms with Crippen molar-refractivity contribution in [2.75, 3.05) is 25.1 Å². The number of hydrogen-bond acceptors (Lipinski definition) is 5. The maximum absolute atomic E-state index is 6.63. The fourth-order valence-corrected chi connectivity index (χ4v) is 6.10. The van der Waals surface area contributed by atoms with Crippen molar-refractivity contribution in [2.45, 2.75) is 39.5 Å². The molecule has 1 saturated heterocycles. The lowest BCUT2D eigenvalue weighted by Gasteiger charge is -2.40. The van der Waals surface area contributed by atoms with Crippen molar-refractivity contribution >= 4 is 22.9 Å². The first-order chi connectivity index (χ1) is 16.5. The van der Waals surface area contributed by atoms with Crippen molar-refractivity contribution in [1.82, 2.24) is 19.6 Å². The van der Waals surface area contributed by atoms with Gasteiger partial charge in [-0.2, -0.15) is 5.10 Å². The van der Waals surface area contributed by atoms with Crippen molar-refractivity contribution in [2.24, 2.45) is 5.41 Å². The van der Waals surface area contributed by atoms with Gasteiger partial charge in [-0.05, 0) is 74.3 Å². The molecule has 1 aliphatic heterocycles. The highest BCUT2D eigenvalue weighted by atomic mass is 35.5. The Hall–Kier alpha value is -3.12. The summed E-state index contributed by atoms with van der Waals surface area (Å²) in [4.78, 5) is 11.8. The predicted molar refractivity (Wildman–Crippen MR) is 135 cm³/mol. The number of aromatic nitrogens is 4. The molecule has 0 amide bonds. The van der Waals surface area contributed by atoms with Gasteiger partial charge in [0.05, 0.1) is 35.4 Å². The SMILES string of the molecule is COc1cccc2c1CC1(CCN(c3nc(C)c(-c4ccnc(C)c4Cl)n4nccc34)CC1)C2. The second-order valence-corrected chi connectivity index (χ2v) is 10.1. The zero-order valence-electron chi connectivity index (χ0n) is 19.8. The zero-order valence-corrected chi connectivity index (χ0v) is 20.6. The molecule has 0 saturated carbocycles. The van der Waals surface area contributed by atoms with Crippen LogP contribution in [0.4, 0.5) is 5.82 Å². The molecule has 6 rings (SSSR count). The molecule has 0 N–H and O–H groups in total. The monoisotopic (exact) mass is 473 g/mol. The van der Waals surface area contributed by atoms with E-state index in [2.05, 4.69) is 33.2 Å². The molecule has 1 aliphatic carbocycles. The van der Waals surface area contributed by atoms with E-state index in [-0.39, 0.29) is 0 Å². The average molecular weight is 474 g/mol. The van der Waals surface area contributed by atoms with Gasteiger partial charge in [0.2, 0.25) is 0 Å². The second kappa shape index (κ2) is 7.98. The summed E-state index contributed by atoms with van der Waals surface area (Å²) in [5.41, 5.74) is 7.74. The normalized spacial score (nSPS) is 16.9. The molecule has 1 fully saturated rings. The van der Waals surface area contributed by atoms with E-state index in [1.807, 2.05) is 36.7 Å². The molecule has 7 heteroatoms. The van der Waals surface area contributed by atoms with E-state index in [1.54, 1.807) is 13.3 Å². The standard InChI is InChI=1S/C27H28ClN5O/c1-17-24(28)20(7-11-29-17)25-18(2)31-26(22-8-12-30-33(22)25)32-13-9-27(10-14-32)15-19-5-4-6-23(34-3)21(19)16-27/h4-8,11-12H,9-10,13-16H2,1-3H3. The maximum atomic E-state index is 6.63. The van der Waals surface area contributed by atoms with Gasteiger partial charge in [-0.15, -0.1) is 0 Å². The van der Waals surface area contributed by atoms with Gasteiger partial charge >= 0.3 is 0 Å². The lowest BCUT2D eigenvalue weighted by Crippen LogP contribution is -2.41. The van der Waals surface area contributed by atoms with Crippen molar-refractivity contribution in [3.05, 3.63) is 70.3 Å². The lowest BCUT2D eigenvalue weighted by molar-refractivity contribution is 0.231. The van der Waals surface area contributed by atoms with E-state index in [4.69, 9.17) is 21.3 Å². The quantitative estimate of drug-likeness (QED) is 0.395. The van der Waals surface area contributed by atoms with Crippen LogP contribution < -0.4 is 9.64 Å². The van der Waals surface area contributed by atoms with Crippen LogP contribution in [0.25, 0.3) is 16.8 Å². The summed E-state index contributed by atoms with van der Waals surface area (Å²) in [7, 11) is 1.78. The minimum absolute atomic E-state index is 0.321. The Morgan fingerprint density at radius 3 is 2.62 bits per heavy atom. The average Bonchev–Trinajstić information content (AvgIpc) is 3.46. The summed E-state index contributed by atoms with van der Waals surface area (Å²) in [6.45, 7) is 5.93. The number of nitrogens with zero attached hydrogens (tertiary/aromatic N) is 5. The first-order valence-corrected chi connectivity index (χ1v) is 12.2. The minimum Gasteiger partial charge on any atom is -0.496 e. The second-order valence-electron chi connectivity index (χ2n) is 9.69. The highest BCUT2D eigenvalue weighted by Crippen LogP contribution is 2.48. The number of fused-ring (bicyclic) bond motifs is 2. The Kier molecular flexibility index (Phi) is 5.03. The molecular weight excluding hydrogens is 446 g/mol. The van der Waals surface area contributed by atoms with Crippen LogP contribution in [0.5, 0.6) is 5.75 Å². The number of hydrogen-bond donors (Lipinski definition) is 0. The van der Waals surface area contributed by atoms with Gasteiger partial charge in [-0.25, -0.2) is 9.50 Å². The summed E-state index contributed by atoms with van der Waals surface area (Å²) in [5.74, 6) is 2.04. The van der Waals surface area contributed by atoms with Crippen molar-refractivity contribution in [3.8, 4) is 17.0 Å². The van der Waals surface area contributed by atoms with Crippen molar-refractivity contribution in [1.29, 1.82) is 0 Å². The van der Waals surface area contributed by atoms with Crippen LogP contribution in [0.15, 0.2) is 42.7 Å². The Bertz CT molecular complexity index is 1400. The molecule has 4 heterocycles. The summed E-state index contributed by atoms with van der Waals surface area (Å²) < 4.78 is 7.64. The van der Waals surface area contributed by atoms with Gasteiger partial charge in [-0.3, -0.25) is 4.98 Å². The molecule has 174 valence electrons. The maximum Gasteiger partial charge on any atom is 0.155 e. The third-order valence-corrected chi connectivity index (χ3v) is 8.19. The number of piperidine rings is 1. The fraction of sp³-hybridized carbons (Fsp3) is 0.370. The molecule has 2 aliphatic rings. The molecule has 34 heavy (non-hydrogen) atoms. The number of pyridine rings is 1. The molecule has 0 radical (unpaired) electrons. The molecule has 6 nitrogen and oxygen atoms in total. The number of ether oxygens (including phenoxy) is 1. The van der Waals surface area contributed by atoms with E-state index < -0.39 is 0 Å². The van der Waals surface area contributed by atoms with E-state index in [9.17, 15) is 0 Å². The van der Waals surface area contributed by atoms with Crippen molar-refractivity contribution < 1.29 is 4.74 Å². The molecule has 0 unspecified atom stereocenters. The van der Waals surface area contributed by atoms with Gasteiger partial charge in [0, 0.05) is 24.8 Å². The predicted octanol–water partition coefficient (Wildman–Crippen LogP) is 5.46. The number of benzene rings is 1. The van der Waals surface area contributed by atoms with Crippen LogP contribution in [0.2, 0.25) is 5.02 Å². The van der Waals surface area contributed by atoms with Crippen LogP contribution in [0.1, 0.15) is 35.4 Å². The third-order valence-electron chi connectivity index (χ3n) is 7.71. The Labute approximate surface area is 204 Å². The number of rotatable bonds is 3. The van der Waals surface area contributed by atoms with Crippen molar-refractivity contribution in [3.63, 3.8) is 0 Å². The van der Waals surface area contributed by atoms with Gasteiger partial charge in [0.15, 0.2) is 5.82 Å². The van der Waals surface area contributed by atoms with E-state index in [0.717, 1.165) is 78.5 Å². The number of aryl methyl sites for hydroxylation is 2. The highest BCUT2D eigenvalue weighted by molar-refractivity contribution is 6.33. The summed E-state index contributed by atoms with van der Waals surface area (Å²) >= 11 is 6.63. The zero-order chi connectivity index (χ0) is 23.4. The van der Waals surface area contributed by atoms with Crippen LogP contribution >= 0.6 is 11.6 Å². The number of anilines is 1. The summed E-state index contributed by atoms with van der Waals surface area (Å²) in [6.07, 6.45) is 8.16. The largest absolute Gasteiger partial charge is 0.496 e. The molecule has 4 aromatic rings. The molecule has 1 aromatic carbocycles. The summed E-state index contributed by atoms with van der Waals surface area (Å²) in [6, 6.07) is 10.5. The highest BCUT2D eigenvalue weighted by Gasteiger charge is 2.41. The Morgan fingerprint density at radius 2 is 1.82 bits per heavy atom. The van der Waals surface area contributed by atoms with Gasteiger partial charge in [0.25, 0.3) is 0 Å². The van der Waals surface area contributed by atoms with Gasteiger partial charge in [0.1, 0.15) is 11.3 Å². The molecular formula is C27H28ClN5O. The lowest BCUT2D eigenvalue weighted by atomic mass is 9.76. The van der Waals surface area contributed by atoms with E-state index >= 15 is 0 Å². The van der Waals surface area contributed by atoms with Crippen LogP contribution in [0.3, 0.4) is 0 Å². The Balaban J connectivity index is 1.31. The topological polar surface area (TPSA) is 55.5 Å². The summed E-state index contributed by atoms with van der Waals surface area (Å²) in [5, 5.41) is 5.30.